The van der Waals surface area contributed by atoms with E-state index in [2.05, 4.69) is 0 Å². The lowest BCUT2D eigenvalue weighted by Crippen LogP contribution is -2.68. The molecule has 0 N–H and O–H groups in total. The summed E-state index contributed by atoms with van der Waals surface area (Å²) >= 11 is 4.82. The van der Waals surface area contributed by atoms with Crippen molar-refractivity contribution >= 4 is 11.6 Å². The van der Waals surface area contributed by atoms with Gasteiger partial charge in [0.25, 0.3) is 5.41 Å². The smallest absolute Gasteiger partial charge is 0.195 e. The number of benzene rings is 1. The first-order valence-electron chi connectivity index (χ1n) is 6.51. The van der Waals surface area contributed by atoms with Crippen LogP contribution in [0.25, 0.3) is 0 Å². The molecule has 0 aromatic heterocycles. The van der Waals surface area contributed by atoms with Crippen molar-refractivity contribution in [3.8, 4) is 0 Å². The van der Waals surface area contributed by atoms with Gasteiger partial charge in [-0.1, -0.05) is 18.2 Å². The minimum Gasteiger partial charge on any atom is -0.195 e. The van der Waals surface area contributed by atoms with E-state index in [9.17, 15) is 61.5 Å². The van der Waals surface area contributed by atoms with Crippen LogP contribution in [0.5, 0.6) is 0 Å². The maximum Gasteiger partial charge on any atom is 0.454 e. The number of alkyl halides is 15. The van der Waals surface area contributed by atoms with Crippen LogP contribution in [0.2, 0.25) is 0 Å². The van der Waals surface area contributed by atoms with E-state index in [0.717, 1.165) is 0 Å². The van der Waals surface area contributed by atoms with Crippen LogP contribution < -0.4 is 0 Å². The highest BCUT2D eigenvalue weighted by molar-refractivity contribution is 6.21. The molecule has 0 bridgehead atoms. The Kier molecular flexibility index (Phi) is 5.97. The van der Waals surface area contributed by atoms with Gasteiger partial charge in [-0.05, 0) is 11.6 Å². The van der Waals surface area contributed by atoms with E-state index in [1.54, 1.807) is 0 Å². The van der Waals surface area contributed by atoms with Crippen molar-refractivity contribution in [2.24, 2.45) is 5.41 Å². The van der Waals surface area contributed by atoms with E-state index >= 15 is 0 Å². The molecule has 0 aliphatic rings. The fraction of sp³-hybridized carbons (Fsp3) is 0.538. The van der Waals surface area contributed by atoms with Crippen LogP contribution in [0, 0.1) is 5.41 Å². The fourth-order valence-electron chi connectivity index (χ4n) is 2.31. The Bertz CT molecular complexity index is 679. The lowest BCUT2D eigenvalue weighted by molar-refractivity contribution is -0.449. The Balaban J connectivity index is 3.94. The summed E-state index contributed by atoms with van der Waals surface area (Å²) in [5.41, 5.74) is -10.8. The van der Waals surface area contributed by atoms with Gasteiger partial charge in [0, 0.05) is 0 Å². The second-order valence-electron chi connectivity index (χ2n) is 5.36. The molecule has 1 unspecified atom stereocenters. The highest BCUT2D eigenvalue weighted by Gasteiger charge is 2.91. The molecule has 0 saturated heterocycles. The topological polar surface area (TPSA) is 0 Å². The zero-order valence-electron chi connectivity index (χ0n) is 12.6. The Morgan fingerprint density at radius 2 is 1.07 bits per heavy atom. The molecule has 0 amide bonds. The number of halogens is 15. The SMILES string of the molecule is FC(F)(F)c1cccc(C(Cl)C(C(F)(F)F)(C(F)(F)F)C(F)(F)C(F)(F)F)c1. The Hall–Kier alpha value is -1.47. The van der Waals surface area contributed by atoms with E-state index in [-0.39, 0.29) is 18.2 Å². The minimum atomic E-state index is -7.54. The molecule has 0 spiro atoms. The first-order valence-corrected chi connectivity index (χ1v) is 6.95. The number of rotatable bonds is 3. The normalized spacial score (nSPS) is 16.2. The second-order valence-corrected chi connectivity index (χ2v) is 5.80. The van der Waals surface area contributed by atoms with Crippen LogP contribution in [0.1, 0.15) is 16.5 Å². The molecule has 1 atom stereocenters. The molecular weight excluding hydrogens is 458 g/mol. The Labute approximate surface area is 151 Å². The molecule has 1 rings (SSSR count). The molecule has 0 heterocycles. The molecule has 15 heteroatoms. The van der Waals surface area contributed by atoms with Crippen molar-refractivity contribution in [1.29, 1.82) is 0 Å². The van der Waals surface area contributed by atoms with Gasteiger partial charge < -0.3 is 0 Å². The van der Waals surface area contributed by atoms with Crippen molar-refractivity contribution in [3.05, 3.63) is 35.4 Å². The van der Waals surface area contributed by atoms with Crippen LogP contribution in [0.15, 0.2) is 24.3 Å². The monoisotopic (exact) mass is 462 g/mol. The van der Waals surface area contributed by atoms with E-state index in [0.29, 0.717) is 0 Å². The molecular formula is C13H5ClF14. The van der Waals surface area contributed by atoms with Crippen LogP contribution in [-0.2, 0) is 6.18 Å². The molecule has 162 valence electrons. The highest BCUT2D eigenvalue weighted by Crippen LogP contribution is 2.69. The summed E-state index contributed by atoms with van der Waals surface area (Å²) in [5.74, 6) is -7.54. The van der Waals surface area contributed by atoms with Crippen molar-refractivity contribution in [3.63, 3.8) is 0 Å². The van der Waals surface area contributed by atoms with Crippen LogP contribution >= 0.6 is 11.6 Å². The van der Waals surface area contributed by atoms with Gasteiger partial charge in [0.2, 0.25) is 0 Å². The van der Waals surface area contributed by atoms with Crippen LogP contribution in [0.4, 0.5) is 61.5 Å². The quantitative estimate of drug-likeness (QED) is 0.327. The van der Waals surface area contributed by atoms with Gasteiger partial charge in [0.15, 0.2) is 0 Å². The predicted octanol–water partition coefficient (Wildman–Crippen LogP) is 7.29. The van der Waals surface area contributed by atoms with Gasteiger partial charge in [-0.2, -0.15) is 61.5 Å². The lowest BCUT2D eigenvalue weighted by atomic mass is 9.73. The fourth-order valence-corrected chi connectivity index (χ4v) is 2.83. The van der Waals surface area contributed by atoms with E-state index in [1.807, 2.05) is 0 Å². The highest BCUT2D eigenvalue weighted by atomic mass is 35.5. The molecule has 0 fully saturated rings. The average molecular weight is 463 g/mol. The number of hydrogen-bond acceptors (Lipinski definition) is 0. The molecule has 0 radical (unpaired) electrons. The minimum absolute atomic E-state index is 0.0333. The van der Waals surface area contributed by atoms with Gasteiger partial charge in [-0.3, -0.25) is 0 Å². The Morgan fingerprint density at radius 1 is 0.643 bits per heavy atom. The first kappa shape index (κ1) is 24.6. The van der Waals surface area contributed by atoms with E-state index < -0.39 is 58.6 Å². The Morgan fingerprint density at radius 3 is 1.39 bits per heavy atom. The summed E-state index contributed by atoms with van der Waals surface area (Å²) in [7, 11) is 0. The van der Waals surface area contributed by atoms with Crippen LogP contribution in [0.3, 0.4) is 0 Å². The summed E-state index contributed by atoms with van der Waals surface area (Å²) in [6, 6.07) is -0.101. The maximum atomic E-state index is 13.6. The van der Waals surface area contributed by atoms with E-state index in [1.165, 1.54) is 0 Å². The molecule has 28 heavy (non-hydrogen) atoms. The van der Waals surface area contributed by atoms with Gasteiger partial charge in [0.1, 0.15) is 0 Å². The average Bonchev–Trinajstić information content (AvgIpc) is 2.42. The summed E-state index contributed by atoms with van der Waals surface area (Å²) in [6.07, 6.45) is -27.5. The molecule has 0 aliphatic heterocycles. The third kappa shape index (κ3) is 3.71. The predicted molar refractivity (Wildman–Crippen MR) is 65.6 cm³/mol. The van der Waals surface area contributed by atoms with Gasteiger partial charge in [0.05, 0.1) is 10.9 Å². The van der Waals surface area contributed by atoms with E-state index in [4.69, 9.17) is 11.6 Å². The summed E-state index contributed by atoms with van der Waals surface area (Å²) in [6.45, 7) is 0. The standard InChI is InChI=1S/C13H5ClF14/c14-7(5-2-1-3-6(4-5)9(15,16)17)8(11(20,21)22,12(23,24)25)10(18,19)13(26,27)28/h1-4,7H. The van der Waals surface area contributed by atoms with Crippen molar-refractivity contribution < 1.29 is 61.5 Å². The molecule has 1 aromatic rings. The summed E-state index contributed by atoms with van der Waals surface area (Å²) < 4.78 is 182. The zero-order chi connectivity index (χ0) is 22.6. The molecule has 0 nitrogen and oxygen atoms in total. The third-order valence-corrected chi connectivity index (χ3v) is 4.21. The zero-order valence-corrected chi connectivity index (χ0v) is 13.3. The van der Waals surface area contributed by atoms with Crippen molar-refractivity contribution in [1.82, 2.24) is 0 Å². The number of hydrogen-bond donors (Lipinski definition) is 0. The van der Waals surface area contributed by atoms with Gasteiger partial charge in [-0.15, -0.1) is 11.6 Å². The first-order chi connectivity index (χ1) is 12.1. The summed E-state index contributed by atoms with van der Waals surface area (Å²) in [5, 5.41) is -4.31. The maximum absolute atomic E-state index is 13.6. The molecule has 1 aromatic carbocycles. The molecule has 0 saturated carbocycles. The van der Waals surface area contributed by atoms with Crippen LogP contribution in [-0.4, -0.2) is 24.5 Å². The van der Waals surface area contributed by atoms with Crippen molar-refractivity contribution in [2.45, 2.75) is 36.0 Å². The van der Waals surface area contributed by atoms with Gasteiger partial charge in [-0.25, -0.2) is 0 Å². The third-order valence-electron chi connectivity index (χ3n) is 3.63. The lowest BCUT2D eigenvalue weighted by Gasteiger charge is -2.45. The van der Waals surface area contributed by atoms with Gasteiger partial charge >= 0.3 is 30.6 Å². The largest absolute Gasteiger partial charge is 0.454 e. The molecule has 0 aliphatic carbocycles. The summed E-state index contributed by atoms with van der Waals surface area (Å²) in [4.78, 5) is 0. The second kappa shape index (κ2) is 6.80. The van der Waals surface area contributed by atoms with Crippen molar-refractivity contribution in [2.75, 3.05) is 0 Å².